The van der Waals surface area contributed by atoms with Gasteiger partial charge in [0.1, 0.15) is 6.33 Å². The Labute approximate surface area is 85.3 Å². The van der Waals surface area contributed by atoms with Gasteiger partial charge in [-0.25, -0.2) is 4.98 Å². The molecule has 1 aromatic rings. The van der Waals surface area contributed by atoms with Crippen molar-refractivity contribution in [2.75, 3.05) is 5.73 Å². The Bertz CT molecular complexity index is 307. The highest BCUT2D eigenvalue weighted by Crippen LogP contribution is 2.27. The highest BCUT2D eigenvalue weighted by molar-refractivity contribution is 5.09. The number of nitrogens with two attached hydrogens (primary N) is 1. The van der Waals surface area contributed by atoms with Crippen molar-refractivity contribution in [1.29, 1.82) is 0 Å². The third-order valence-electron chi connectivity index (χ3n) is 2.10. The predicted molar refractivity (Wildman–Crippen MR) is 48.9 cm³/mol. The summed E-state index contributed by atoms with van der Waals surface area (Å²) in [6.07, 6.45) is -3.15. The summed E-state index contributed by atoms with van der Waals surface area (Å²) in [6, 6.07) is 0. The monoisotopic (exact) mass is 222 g/mol. The zero-order chi connectivity index (χ0) is 11.5. The fourth-order valence-corrected chi connectivity index (χ4v) is 1.33. The molecule has 1 heterocycles. The van der Waals surface area contributed by atoms with E-state index in [0.717, 1.165) is 0 Å². The third-order valence-corrected chi connectivity index (χ3v) is 2.10. The lowest BCUT2D eigenvalue weighted by atomic mass is 10.0. The smallest absolute Gasteiger partial charge is 0.367 e. The van der Waals surface area contributed by atoms with Crippen LogP contribution in [-0.4, -0.2) is 20.9 Å². The quantitative estimate of drug-likeness (QED) is 0.845. The standard InChI is InChI=1S/C8H13F3N4/c1-2-6(3-8(9,10)11)4-15-5-13-7(12)14-15/h5-6H,2-4H2,1H3,(H2,12,14). The van der Waals surface area contributed by atoms with Crippen LogP contribution in [0.3, 0.4) is 0 Å². The first-order valence-electron chi connectivity index (χ1n) is 4.62. The molecule has 0 aliphatic carbocycles. The summed E-state index contributed by atoms with van der Waals surface area (Å²) >= 11 is 0. The van der Waals surface area contributed by atoms with Crippen LogP contribution in [-0.2, 0) is 6.54 Å². The molecule has 0 aliphatic heterocycles. The Hall–Kier alpha value is -1.27. The molecular formula is C8H13F3N4. The Morgan fingerprint density at radius 2 is 2.20 bits per heavy atom. The lowest BCUT2D eigenvalue weighted by molar-refractivity contribution is -0.145. The van der Waals surface area contributed by atoms with Crippen molar-refractivity contribution in [3.05, 3.63) is 6.33 Å². The van der Waals surface area contributed by atoms with E-state index in [1.807, 2.05) is 0 Å². The van der Waals surface area contributed by atoms with Crippen molar-refractivity contribution < 1.29 is 13.2 Å². The summed E-state index contributed by atoms with van der Waals surface area (Å²) in [5.74, 6) is -0.400. The van der Waals surface area contributed by atoms with Crippen molar-refractivity contribution in [2.24, 2.45) is 5.92 Å². The molecule has 15 heavy (non-hydrogen) atoms. The first-order valence-corrected chi connectivity index (χ1v) is 4.62. The number of rotatable bonds is 4. The number of nitrogens with zero attached hydrogens (tertiary/aromatic N) is 3. The molecule has 0 bridgehead atoms. The van der Waals surface area contributed by atoms with Gasteiger partial charge in [-0.2, -0.15) is 13.2 Å². The van der Waals surface area contributed by atoms with Crippen LogP contribution >= 0.6 is 0 Å². The number of aromatic nitrogens is 3. The highest BCUT2D eigenvalue weighted by atomic mass is 19.4. The maximum atomic E-state index is 12.1. The van der Waals surface area contributed by atoms with E-state index in [9.17, 15) is 13.2 Å². The first-order chi connectivity index (χ1) is 6.90. The van der Waals surface area contributed by atoms with Crippen molar-refractivity contribution >= 4 is 5.95 Å². The van der Waals surface area contributed by atoms with E-state index in [-0.39, 0.29) is 12.5 Å². The molecule has 0 saturated heterocycles. The molecule has 0 aromatic carbocycles. The number of halogens is 3. The second-order valence-corrected chi connectivity index (χ2v) is 3.42. The van der Waals surface area contributed by atoms with Crippen LogP contribution in [0, 0.1) is 5.92 Å². The maximum absolute atomic E-state index is 12.1. The molecule has 7 heteroatoms. The molecule has 2 N–H and O–H groups in total. The van der Waals surface area contributed by atoms with E-state index < -0.39 is 18.5 Å². The van der Waals surface area contributed by atoms with Crippen LogP contribution in [0.1, 0.15) is 19.8 Å². The number of hydrogen-bond acceptors (Lipinski definition) is 3. The van der Waals surface area contributed by atoms with Crippen LogP contribution in [0.4, 0.5) is 19.1 Å². The summed E-state index contributed by atoms with van der Waals surface area (Å²) in [5.41, 5.74) is 5.26. The van der Waals surface area contributed by atoms with Gasteiger partial charge >= 0.3 is 6.18 Å². The minimum atomic E-state index is -4.13. The average molecular weight is 222 g/mol. The maximum Gasteiger partial charge on any atom is 0.389 e. The van der Waals surface area contributed by atoms with Gasteiger partial charge in [0.25, 0.3) is 0 Å². The highest BCUT2D eigenvalue weighted by Gasteiger charge is 2.31. The van der Waals surface area contributed by atoms with Crippen molar-refractivity contribution in [1.82, 2.24) is 14.8 Å². The molecule has 1 aromatic heterocycles. The summed E-state index contributed by atoms with van der Waals surface area (Å²) < 4.78 is 37.7. The van der Waals surface area contributed by atoms with Crippen LogP contribution < -0.4 is 5.73 Å². The lowest BCUT2D eigenvalue weighted by Gasteiger charge is -2.16. The second kappa shape index (κ2) is 4.50. The summed E-state index contributed by atoms with van der Waals surface area (Å²) in [6.45, 7) is 1.91. The van der Waals surface area contributed by atoms with Gasteiger partial charge in [-0.05, 0) is 5.92 Å². The van der Waals surface area contributed by atoms with Gasteiger partial charge in [-0.3, -0.25) is 4.68 Å². The van der Waals surface area contributed by atoms with Crippen molar-refractivity contribution in [3.8, 4) is 0 Å². The van der Waals surface area contributed by atoms with Gasteiger partial charge in [-0.15, -0.1) is 5.10 Å². The number of alkyl halides is 3. The Balaban J connectivity index is 2.54. The summed E-state index contributed by atoms with van der Waals surface area (Å²) in [5, 5.41) is 3.74. The molecule has 1 unspecified atom stereocenters. The van der Waals surface area contributed by atoms with Gasteiger partial charge in [0.2, 0.25) is 5.95 Å². The number of nitrogen functional groups attached to an aromatic ring is 1. The molecule has 0 amide bonds. The van der Waals surface area contributed by atoms with E-state index in [1.54, 1.807) is 6.92 Å². The van der Waals surface area contributed by atoms with Gasteiger partial charge < -0.3 is 5.73 Å². The van der Waals surface area contributed by atoms with E-state index >= 15 is 0 Å². The fraction of sp³-hybridized carbons (Fsp3) is 0.750. The molecule has 0 radical (unpaired) electrons. The minimum absolute atomic E-state index is 0.0804. The van der Waals surface area contributed by atoms with Crippen LogP contribution in [0.2, 0.25) is 0 Å². The van der Waals surface area contributed by atoms with Crippen LogP contribution in [0.5, 0.6) is 0 Å². The van der Waals surface area contributed by atoms with Crippen molar-refractivity contribution in [3.63, 3.8) is 0 Å². The fourth-order valence-electron chi connectivity index (χ4n) is 1.33. The third kappa shape index (κ3) is 4.18. The van der Waals surface area contributed by atoms with Gasteiger partial charge in [0, 0.05) is 13.0 Å². The largest absolute Gasteiger partial charge is 0.389 e. The molecule has 86 valence electrons. The zero-order valence-corrected chi connectivity index (χ0v) is 8.33. The predicted octanol–water partition coefficient (Wildman–Crippen LogP) is 1.84. The van der Waals surface area contributed by atoms with Gasteiger partial charge in [0.15, 0.2) is 0 Å². The first kappa shape index (κ1) is 11.8. The van der Waals surface area contributed by atoms with Crippen LogP contribution in [0.15, 0.2) is 6.33 Å². The number of anilines is 1. The Kier molecular flexibility index (Phi) is 3.54. The Morgan fingerprint density at radius 1 is 1.53 bits per heavy atom. The zero-order valence-electron chi connectivity index (χ0n) is 8.33. The van der Waals surface area contributed by atoms with E-state index in [2.05, 4.69) is 10.1 Å². The summed E-state index contributed by atoms with van der Waals surface area (Å²) in [4.78, 5) is 3.65. The van der Waals surface area contributed by atoms with Gasteiger partial charge in [-0.1, -0.05) is 13.3 Å². The molecule has 0 fully saturated rings. The normalized spacial score (nSPS) is 14.1. The topological polar surface area (TPSA) is 56.7 Å². The molecule has 1 atom stereocenters. The lowest BCUT2D eigenvalue weighted by Crippen LogP contribution is -2.19. The molecule has 0 aliphatic rings. The summed E-state index contributed by atoms with van der Waals surface area (Å²) in [7, 11) is 0. The number of hydrogen-bond donors (Lipinski definition) is 1. The molecule has 4 nitrogen and oxygen atoms in total. The molecule has 0 spiro atoms. The SMILES string of the molecule is CCC(Cn1cnc(N)n1)CC(F)(F)F. The van der Waals surface area contributed by atoms with E-state index in [1.165, 1.54) is 11.0 Å². The van der Waals surface area contributed by atoms with E-state index in [4.69, 9.17) is 5.73 Å². The van der Waals surface area contributed by atoms with Crippen LogP contribution in [0.25, 0.3) is 0 Å². The average Bonchev–Trinajstić information content (AvgIpc) is 2.47. The molecule has 0 saturated carbocycles. The Morgan fingerprint density at radius 3 is 2.60 bits per heavy atom. The van der Waals surface area contributed by atoms with E-state index in [0.29, 0.717) is 6.42 Å². The second-order valence-electron chi connectivity index (χ2n) is 3.42. The van der Waals surface area contributed by atoms with Gasteiger partial charge in [0.05, 0.1) is 0 Å². The molecular weight excluding hydrogens is 209 g/mol. The molecule has 1 rings (SSSR count). The van der Waals surface area contributed by atoms with Crippen molar-refractivity contribution in [2.45, 2.75) is 32.5 Å². The minimum Gasteiger partial charge on any atom is -0.367 e.